The Balaban J connectivity index is 1.62. The van der Waals surface area contributed by atoms with Gasteiger partial charge in [-0.2, -0.15) is 0 Å². The van der Waals surface area contributed by atoms with E-state index in [0.29, 0.717) is 12.6 Å². The van der Waals surface area contributed by atoms with Gasteiger partial charge in [-0.15, -0.1) is 0 Å². The van der Waals surface area contributed by atoms with Gasteiger partial charge in [-0.25, -0.2) is 0 Å². The summed E-state index contributed by atoms with van der Waals surface area (Å²) in [4.78, 5) is 14.8. The standard InChI is InChI=1S/C19H28N2O2/c1-3-23-18-9-8-15-10-11-21(13-16(15)12-18)14(2)19(22)20-17-6-4-5-7-17/h8-9,12,14,17H,3-7,10-11,13H2,1-2H3,(H,20,22). The fourth-order valence-electron chi connectivity index (χ4n) is 3.70. The summed E-state index contributed by atoms with van der Waals surface area (Å²) in [6.45, 7) is 6.49. The molecule has 2 aliphatic rings. The third kappa shape index (κ3) is 3.86. The SMILES string of the molecule is CCOc1ccc2c(c1)CN(C(C)C(=O)NC1CCCC1)CC2. The number of ether oxygens (including phenoxy) is 1. The summed E-state index contributed by atoms with van der Waals surface area (Å²) in [5.74, 6) is 1.11. The van der Waals surface area contributed by atoms with Crippen LogP contribution in [0, 0.1) is 0 Å². The Morgan fingerprint density at radius 3 is 2.87 bits per heavy atom. The van der Waals surface area contributed by atoms with Crippen molar-refractivity contribution in [2.24, 2.45) is 0 Å². The molecule has 1 amide bonds. The number of hydrogen-bond acceptors (Lipinski definition) is 3. The lowest BCUT2D eigenvalue weighted by molar-refractivity contribution is -0.126. The molecule has 4 nitrogen and oxygen atoms in total. The van der Waals surface area contributed by atoms with Crippen molar-refractivity contribution in [1.29, 1.82) is 0 Å². The van der Waals surface area contributed by atoms with E-state index in [4.69, 9.17) is 4.74 Å². The van der Waals surface area contributed by atoms with Gasteiger partial charge >= 0.3 is 0 Å². The van der Waals surface area contributed by atoms with E-state index in [0.717, 1.165) is 38.1 Å². The second-order valence-electron chi connectivity index (χ2n) is 6.75. The molecule has 126 valence electrons. The van der Waals surface area contributed by atoms with E-state index >= 15 is 0 Å². The summed E-state index contributed by atoms with van der Waals surface area (Å²) >= 11 is 0. The van der Waals surface area contributed by atoms with Crippen LogP contribution in [-0.4, -0.2) is 36.0 Å². The van der Waals surface area contributed by atoms with Gasteiger partial charge in [0.2, 0.25) is 5.91 Å². The predicted octanol–water partition coefficient (Wildman–Crippen LogP) is 2.89. The second kappa shape index (κ2) is 7.35. The van der Waals surface area contributed by atoms with Crippen molar-refractivity contribution in [1.82, 2.24) is 10.2 Å². The summed E-state index contributed by atoms with van der Waals surface area (Å²) in [6.07, 6.45) is 5.77. The Morgan fingerprint density at radius 2 is 2.13 bits per heavy atom. The molecular weight excluding hydrogens is 288 g/mol. The van der Waals surface area contributed by atoms with Crippen LogP contribution in [-0.2, 0) is 17.8 Å². The number of carbonyl (C=O) groups excluding carboxylic acids is 1. The highest BCUT2D eigenvalue weighted by Gasteiger charge is 2.27. The molecule has 1 aliphatic carbocycles. The number of rotatable bonds is 5. The van der Waals surface area contributed by atoms with Crippen molar-refractivity contribution in [2.45, 2.75) is 64.6 Å². The van der Waals surface area contributed by atoms with Gasteiger partial charge in [0.25, 0.3) is 0 Å². The van der Waals surface area contributed by atoms with Gasteiger partial charge in [-0.05, 0) is 56.4 Å². The van der Waals surface area contributed by atoms with Crippen LogP contribution >= 0.6 is 0 Å². The molecule has 1 saturated carbocycles. The van der Waals surface area contributed by atoms with Crippen molar-refractivity contribution in [3.8, 4) is 5.75 Å². The highest BCUT2D eigenvalue weighted by Crippen LogP contribution is 2.25. The van der Waals surface area contributed by atoms with Crippen LogP contribution < -0.4 is 10.1 Å². The average molecular weight is 316 g/mol. The molecule has 1 aliphatic heterocycles. The first-order chi connectivity index (χ1) is 11.2. The fraction of sp³-hybridized carbons (Fsp3) is 0.632. The summed E-state index contributed by atoms with van der Waals surface area (Å²) in [5, 5.41) is 3.23. The smallest absolute Gasteiger partial charge is 0.237 e. The first kappa shape index (κ1) is 16.3. The van der Waals surface area contributed by atoms with E-state index in [1.165, 1.54) is 24.0 Å². The quantitative estimate of drug-likeness (QED) is 0.908. The zero-order valence-electron chi connectivity index (χ0n) is 14.3. The van der Waals surface area contributed by atoms with Crippen LogP contribution in [0.1, 0.15) is 50.7 Å². The molecule has 0 bridgehead atoms. The van der Waals surface area contributed by atoms with Gasteiger partial charge in [0.05, 0.1) is 12.6 Å². The molecule has 0 saturated heterocycles. The van der Waals surface area contributed by atoms with E-state index in [1.807, 2.05) is 19.9 Å². The molecule has 1 N–H and O–H groups in total. The van der Waals surface area contributed by atoms with Crippen LogP contribution in [0.15, 0.2) is 18.2 Å². The summed E-state index contributed by atoms with van der Waals surface area (Å²) in [7, 11) is 0. The number of carbonyl (C=O) groups is 1. The van der Waals surface area contributed by atoms with E-state index in [1.54, 1.807) is 0 Å². The number of hydrogen-bond donors (Lipinski definition) is 1. The van der Waals surface area contributed by atoms with Gasteiger partial charge in [-0.1, -0.05) is 18.9 Å². The van der Waals surface area contributed by atoms with Gasteiger partial charge in [0, 0.05) is 19.1 Å². The molecule has 1 fully saturated rings. The third-order valence-corrected chi connectivity index (χ3v) is 5.16. The van der Waals surface area contributed by atoms with Crippen LogP contribution in [0.2, 0.25) is 0 Å². The summed E-state index contributed by atoms with van der Waals surface area (Å²) in [6, 6.07) is 6.67. The van der Waals surface area contributed by atoms with Gasteiger partial charge < -0.3 is 10.1 Å². The molecular formula is C19H28N2O2. The molecule has 1 aromatic carbocycles. The van der Waals surface area contributed by atoms with Crippen molar-refractivity contribution < 1.29 is 9.53 Å². The molecule has 1 heterocycles. The average Bonchev–Trinajstić information content (AvgIpc) is 3.06. The normalized spacial score (nSPS) is 20.1. The number of amides is 1. The minimum Gasteiger partial charge on any atom is -0.494 e. The lowest BCUT2D eigenvalue weighted by Gasteiger charge is -2.33. The minimum absolute atomic E-state index is 0.0699. The number of benzene rings is 1. The second-order valence-corrected chi connectivity index (χ2v) is 6.75. The predicted molar refractivity (Wildman–Crippen MR) is 91.6 cm³/mol. The molecule has 0 aromatic heterocycles. The highest BCUT2D eigenvalue weighted by molar-refractivity contribution is 5.81. The molecule has 0 radical (unpaired) electrons. The van der Waals surface area contributed by atoms with E-state index in [2.05, 4.69) is 22.3 Å². The molecule has 23 heavy (non-hydrogen) atoms. The fourth-order valence-corrected chi connectivity index (χ4v) is 3.70. The first-order valence-electron chi connectivity index (χ1n) is 8.96. The monoisotopic (exact) mass is 316 g/mol. The molecule has 1 unspecified atom stereocenters. The minimum atomic E-state index is -0.0699. The Bertz CT molecular complexity index is 552. The summed E-state index contributed by atoms with van der Waals surface area (Å²) in [5.41, 5.74) is 2.68. The Hall–Kier alpha value is -1.55. The zero-order chi connectivity index (χ0) is 16.2. The maximum atomic E-state index is 12.5. The largest absolute Gasteiger partial charge is 0.494 e. The van der Waals surface area contributed by atoms with Crippen LogP contribution in [0.5, 0.6) is 5.75 Å². The first-order valence-corrected chi connectivity index (χ1v) is 8.96. The van der Waals surface area contributed by atoms with Crippen molar-refractivity contribution >= 4 is 5.91 Å². The maximum absolute atomic E-state index is 12.5. The van der Waals surface area contributed by atoms with E-state index in [9.17, 15) is 4.79 Å². The Morgan fingerprint density at radius 1 is 1.35 bits per heavy atom. The molecule has 0 spiro atoms. The van der Waals surface area contributed by atoms with Crippen molar-refractivity contribution in [2.75, 3.05) is 13.2 Å². The van der Waals surface area contributed by atoms with Gasteiger partial charge in [0.15, 0.2) is 0 Å². The number of nitrogens with one attached hydrogen (secondary N) is 1. The molecule has 1 aromatic rings. The number of fused-ring (bicyclic) bond motifs is 1. The highest BCUT2D eigenvalue weighted by atomic mass is 16.5. The van der Waals surface area contributed by atoms with Crippen molar-refractivity contribution in [3.63, 3.8) is 0 Å². The topological polar surface area (TPSA) is 41.6 Å². The Labute approximate surface area is 139 Å². The third-order valence-electron chi connectivity index (χ3n) is 5.16. The molecule has 1 atom stereocenters. The van der Waals surface area contributed by atoms with Crippen LogP contribution in [0.4, 0.5) is 0 Å². The lowest BCUT2D eigenvalue weighted by Crippen LogP contribution is -2.49. The maximum Gasteiger partial charge on any atom is 0.237 e. The van der Waals surface area contributed by atoms with Gasteiger partial charge in [0.1, 0.15) is 5.75 Å². The van der Waals surface area contributed by atoms with Crippen LogP contribution in [0.25, 0.3) is 0 Å². The van der Waals surface area contributed by atoms with Crippen LogP contribution in [0.3, 0.4) is 0 Å². The Kier molecular flexibility index (Phi) is 5.21. The number of nitrogens with zero attached hydrogens (tertiary/aromatic N) is 1. The molecule has 4 heteroatoms. The van der Waals surface area contributed by atoms with Crippen molar-refractivity contribution in [3.05, 3.63) is 29.3 Å². The lowest BCUT2D eigenvalue weighted by atomic mass is 9.98. The molecule has 3 rings (SSSR count). The van der Waals surface area contributed by atoms with E-state index in [-0.39, 0.29) is 11.9 Å². The van der Waals surface area contributed by atoms with E-state index < -0.39 is 0 Å². The summed E-state index contributed by atoms with van der Waals surface area (Å²) < 4.78 is 5.61. The zero-order valence-corrected chi connectivity index (χ0v) is 14.3. The van der Waals surface area contributed by atoms with Gasteiger partial charge in [-0.3, -0.25) is 9.69 Å².